The zero-order valence-corrected chi connectivity index (χ0v) is 16.0. The first kappa shape index (κ1) is 18.2. The van der Waals surface area contributed by atoms with Crippen LogP contribution in [0.15, 0.2) is 60.7 Å². The Morgan fingerprint density at radius 1 is 1.00 bits per heavy atom. The standard InChI is InChI=1S/C22H19ClN2O3/c1-14-17(23)8-5-10-18(14)25-19-9-3-2-7-16(19)22(26)24-12-15-6-4-11-20-21(15)28-13-27-20/h2-11,25H,12-13H2,1H3,(H,24,26). The predicted octanol–water partition coefficient (Wildman–Crippen LogP) is 5.05. The molecule has 0 saturated heterocycles. The number of para-hydroxylation sites is 2. The van der Waals surface area contributed by atoms with Gasteiger partial charge in [0.1, 0.15) is 0 Å². The largest absolute Gasteiger partial charge is 0.454 e. The van der Waals surface area contributed by atoms with Crippen molar-refractivity contribution in [3.8, 4) is 11.5 Å². The second-order valence-electron chi connectivity index (χ2n) is 6.42. The molecule has 142 valence electrons. The van der Waals surface area contributed by atoms with E-state index in [4.69, 9.17) is 21.1 Å². The number of carbonyl (C=O) groups excluding carboxylic acids is 1. The Morgan fingerprint density at radius 3 is 2.68 bits per heavy atom. The van der Waals surface area contributed by atoms with Crippen LogP contribution >= 0.6 is 11.6 Å². The number of benzene rings is 3. The van der Waals surface area contributed by atoms with Crippen molar-refractivity contribution in [2.24, 2.45) is 0 Å². The van der Waals surface area contributed by atoms with Gasteiger partial charge in [0.05, 0.1) is 11.3 Å². The van der Waals surface area contributed by atoms with Crippen molar-refractivity contribution in [2.45, 2.75) is 13.5 Å². The first-order chi connectivity index (χ1) is 13.6. The summed E-state index contributed by atoms with van der Waals surface area (Å²) in [5, 5.41) is 6.94. The van der Waals surface area contributed by atoms with Gasteiger partial charge in [0.2, 0.25) is 6.79 Å². The molecule has 5 nitrogen and oxygen atoms in total. The second-order valence-corrected chi connectivity index (χ2v) is 6.82. The number of fused-ring (bicyclic) bond motifs is 1. The molecule has 0 saturated carbocycles. The molecular formula is C22H19ClN2O3. The van der Waals surface area contributed by atoms with Gasteiger partial charge in [-0.1, -0.05) is 41.9 Å². The SMILES string of the molecule is Cc1c(Cl)cccc1Nc1ccccc1C(=O)NCc1cccc2c1OCO2. The highest BCUT2D eigenvalue weighted by Gasteiger charge is 2.18. The Labute approximate surface area is 168 Å². The molecule has 0 aliphatic carbocycles. The van der Waals surface area contributed by atoms with Crippen LogP contribution in [0.4, 0.5) is 11.4 Å². The molecule has 0 spiro atoms. The van der Waals surface area contributed by atoms with Gasteiger partial charge < -0.3 is 20.1 Å². The Morgan fingerprint density at radius 2 is 1.79 bits per heavy atom. The van der Waals surface area contributed by atoms with Gasteiger partial charge >= 0.3 is 0 Å². The van der Waals surface area contributed by atoms with Gasteiger partial charge in [0, 0.05) is 22.8 Å². The van der Waals surface area contributed by atoms with E-state index in [9.17, 15) is 4.79 Å². The summed E-state index contributed by atoms with van der Waals surface area (Å²) in [5.41, 5.74) is 3.92. The van der Waals surface area contributed by atoms with Gasteiger partial charge in [-0.15, -0.1) is 0 Å². The van der Waals surface area contributed by atoms with E-state index in [2.05, 4.69) is 10.6 Å². The summed E-state index contributed by atoms with van der Waals surface area (Å²) in [6.45, 7) is 2.48. The topological polar surface area (TPSA) is 59.6 Å². The number of nitrogens with one attached hydrogen (secondary N) is 2. The summed E-state index contributed by atoms with van der Waals surface area (Å²) in [7, 11) is 0. The molecular weight excluding hydrogens is 376 g/mol. The quantitative estimate of drug-likeness (QED) is 0.635. The zero-order chi connectivity index (χ0) is 19.5. The predicted molar refractivity (Wildman–Crippen MR) is 110 cm³/mol. The molecule has 0 unspecified atom stereocenters. The number of hydrogen-bond donors (Lipinski definition) is 2. The van der Waals surface area contributed by atoms with Crippen LogP contribution in [0.2, 0.25) is 5.02 Å². The van der Waals surface area contributed by atoms with Gasteiger partial charge in [-0.3, -0.25) is 4.79 Å². The molecule has 3 aromatic rings. The van der Waals surface area contributed by atoms with Crippen molar-refractivity contribution in [3.63, 3.8) is 0 Å². The van der Waals surface area contributed by atoms with Crippen LogP contribution in [0.3, 0.4) is 0 Å². The summed E-state index contributed by atoms with van der Waals surface area (Å²) in [4.78, 5) is 12.8. The van der Waals surface area contributed by atoms with Crippen molar-refractivity contribution in [1.29, 1.82) is 0 Å². The van der Waals surface area contributed by atoms with Gasteiger partial charge in [-0.2, -0.15) is 0 Å². The van der Waals surface area contributed by atoms with E-state index < -0.39 is 0 Å². The molecule has 1 amide bonds. The Hall–Kier alpha value is -3.18. The molecule has 0 fully saturated rings. The number of rotatable bonds is 5. The zero-order valence-electron chi connectivity index (χ0n) is 15.3. The highest BCUT2D eigenvalue weighted by Crippen LogP contribution is 2.35. The van der Waals surface area contributed by atoms with Gasteiger partial charge in [-0.25, -0.2) is 0 Å². The lowest BCUT2D eigenvalue weighted by atomic mass is 10.1. The number of anilines is 2. The third kappa shape index (κ3) is 3.62. The van der Waals surface area contributed by atoms with E-state index in [1.54, 1.807) is 6.07 Å². The number of ether oxygens (including phenoxy) is 2. The molecule has 4 rings (SSSR count). The molecule has 1 aliphatic rings. The molecule has 0 aromatic heterocycles. The van der Waals surface area contributed by atoms with E-state index >= 15 is 0 Å². The van der Waals surface area contributed by atoms with E-state index in [1.807, 2.05) is 61.5 Å². The Balaban J connectivity index is 1.52. The average Bonchev–Trinajstić information content (AvgIpc) is 3.19. The van der Waals surface area contributed by atoms with Crippen LogP contribution in [-0.4, -0.2) is 12.7 Å². The van der Waals surface area contributed by atoms with E-state index in [0.717, 1.165) is 16.8 Å². The molecule has 3 aromatic carbocycles. The summed E-state index contributed by atoms with van der Waals surface area (Å²) in [6.07, 6.45) is 0. The van der Waals surface area contributed by atoms with Crippen molar-refractivity contribution >= 4 is 28.9 Å². The van der Waals surface area contributed by atoms with E-state index in [1.165, 1.54) is 0 Å². The maximum Gasteiger partial charge on any atom is 0.253 e. The van der Waals surface area contributed by atoms with Crippen LogP contribution in [-0.2, 0) is 6.54 Å². The maximum atomic E-state index is 12.8. The van der Waals surface area contributed by atoms with Crippen molar-refractivity contribution in [2.75, 3.05) is 12.1 Å². The smallest absolute Gasteiger partial charge is 0.253 e. The molecule has 0 bridgehead atoms. The van der Waals surface area contributed by atoms with Crippen LogP contribution in [0.25, 0.3) is 0 Å². The lowest BCUT2D eigenvalue weighted by Gasteiger charge is -2.15. The number of halogens is 1. The number of carbonyl (C=O) groups is 1. The second kappa shape index (κ2) is 7.82. The minimum Gasteiger partial charge on any atom is -0.454 e. The van der Waals surface area contributed by atoms with Crippen LogP contribution in [0, 0.1) is 6.92 Å². The maximum absolute atomic E-state index is 12.8. The van der Waals surface area contributed by atoms with Gasteiger partial charge in [0.25, 0.3) is 5.91 Å². The minimum atomic E-state index is -0.181. The fraction of sp³-hybridized carbons (Fsp3) is 0.136. The summed E-state index contributed by atoms with van der Waals surface area (Å²) in [5.74, 6) is 1.20. The molecule has 28 heavy (non-hydrogen) atoms. The fourth-order valence-electron chi connectivity index (χ4n) is 3.08. The number of amides is 1. The first-order valence-electron chi connectivity index (χ1n) is 8.90. The van der Waals surface area contributed by atoms with Crippen LogP contribution < -0.4 is 20.1 Å². The fourth-order valence-corrected chi connectivity index (χ4v) is 3.25. The summed E-state index contributed by atoms with van der Waals surface area (Å²) in [6, 6.07) is 18.7. The molecule has 2 N–H and O–H groups in total. The number of hydrogen-bond acceptors (Lipinski definition) is 4. The molecule has 0 radical (unpaired) electrons. The summed E-state index contributed by atoms with van der Waals surface area (Å²) >= 11 is 6.21. The molecule has 1 aliphatic heterocycles. The lowest BCUT2D eigenvalue weighted by molar-refractivity contribution is 0.0951. The lowest BCUT2D eigenvalue weighted by Crippen LogP contribution is -2.23. The van der Waals surface area contributed by atoms with E-state index in [-0.39, 0.29) is 12.7 Å². The Kier molecular flexibility index (Phi) is 5.08. The molecule has 1 heterocycles. The van der Waals surface area contributed by atoms with Crippen molar-refractivity contribution in [1.82, 2.24) is 5.32 Å². The highest BCUT2D eigenvalue weighted by molar-refractivity contribution is 6.31. The minimum absolute atomic E-state index is 0.181. The summed E-state index contributed by atoms with van der Waals surface area (Å²) < 4.78 is 10.9. The van der Waals surface area contributed by atoms with Gasteiger partial charge in [-0.05, 0) is 42.8 Å². The molecule has 6 heteroatoms. The van der Waals surface area contributed by atoms with Gasteiger partial charge in [0.15, 0.2) is 11.5 Å². The van der Waals surface area contributed by atoms with Crippen LogP contribution in [0.1, 0.15) is 21.5 Å². The molecule has 0 atom stereocenters. The highest BCUT2D eigenvalue weighted by atomic mass is 35.5. The normalized spacial score (nSPS) is 11.9. The van der Waals surface area contributed by atoms with Crippen molar-refractivity contribution in [3.05, 3.63) is 82.4 Å². The monoisotopic (exact) mass is 394 g/mol. The third-order valence-electron chi connectivity index (χ3n) is 4.63. The Bertz CT molecular complexity index is 1040. The first-order valence-corrected chi connectivity index (χ1v) is 9.28. The van der Waals surface area contributed by atoms with E-state index in [0.29, 0.717) is 34.3 Å². The van der Waals surface area contributed by atoms with Crippen molar-refractivity contribution < 1.29 is 14.3 Å². The average molecular weight is 395 g/mol. The third-order valence-corrected chi connectivity index (χ3v) is 5.04. The van der Waals surface area contributed by atoms with Crippen LogP contribution in [0.5, 0.6) is 11.5 Å².